The SMILES string of the molecule is CC1OC/C1=N\NC(=O)OC(C)(C)C. The molecule has 0 aromatic heterocycles. The summed E-state index contributed by atoms with van der Waals surface area (Å²) in [6, 6.07) is 0. The van der Waals surface area contributed by atoms with Crippen molar-refractivity contribution in [3.05, 3.63) is 0 Å². The maximum atomic E-state index is 11.1. The van der Waals surface area contributed by atoms with Crippen molar-refractivity contribution in [3.8, 4) is 0 Å². The second-order valence-electron chi connectivity index (χ2n) is 4.17. The fourth-order valence-electron chi connectivity index (χ4n) is 0.866. The van der Waals surface area contributed by atoms with E-state index in [0.717, 1.165) is 5.71 Å². The Labute approximate surface area is 83.5 Å². The van der Waals surface area contributed by atoms with Crippen LogP contribution in [0, 0.1) is 0 Å². The van der Waals surface area contributed by atoms with Crippen LogP contribution in [-0.4, -0.2) is 30.1 Å². The van der Waals surface area contributed by atoms with E-state index in [1.807, 2.05) is 6.92 Å². The third kappa shape index (κ3) is 3.33. The third-order valence-corrected chi connectivity index (χ3v) is 1.64. The molecule has 1 atom stereocenters. The first kappa shape index (κ1) is 11.0. The van der Waals surface area contributed by atoms with Gasteiger partial charge < -0.3 is 9.47 Å². The third-order valence-electron chi connectivity index (χ3n) is 1.64. The summed E-state index contributed by atoms with van der Waals surface area (Å²) in [5.41, 5.74) is 2.65. The van der Waals surface area contributed by atoms with Gasteiger partial charge in [0.1, 0.15) is 5.60 Å². The molecule has 1 fully saturated rings. The van der Waals surface area contributed by atoms with Crippen molar-refractivity contribution < 1.29 is 14.3 Å². The van der Waals surface area contributed by atoms with E-state index in [0.29, 0.717) is 6.61 Å². The number of rotatable bonds is 1. The molecule has 0 saturated carbocycles. The Morgan fingerprint density at radius 3 is 2.64 bits per heavy atom. The molecule has 1 rings (SSSR count). The summed E-state index contributed by atoms with van der Waals surface area (Å²) in [4.78, 5) is 11.1. The average Bonchev–Trinajstić information content (AvgIpc) is 1.98. The minimum atomic E-state index is -0.538. The zero-order valence-corrected chi connectivity index (χ0v) is 8.96. The van der Waals surface area contributed by atoms with Gasteiger partial charge >= 0.3 is 6.09 Å². The Balaban J connectivity index is 2.31. The standard InChI is InChI=1S/C9H16N2O3/c1-6-7(5-13-6)10-11-8(12)14-9(2,3)4/h6H,5H2,1-4H3,(H,11,12)/b10-7+. The number of hydrazone groups is 1. The van der Waals surface area contributed by atoms with Gasteiger partial charge in [-0.1, -0.05) is 0 Å². The number of ether oxygens (including phenoxy) is 2. The van der Waals surface area contributed by atoms with Gasteiger partial charge in [-0.15, -0.1) is 0 Å². The van der Waals surface area contributed by atoms with Gasteiger partial charge in [-0.2, -0.15) is 5.10 Å². The molecule has 1 unspecified atom stereocenters. The number of amides is 1. The van der Waals surface area contributed by atoms with Crippen molar-refractivity contribution in [2.45, 2.75) is 39.4 Å². The van der Waals surface area contributed by atoms with Crippen molar-refractivity contribution in [1.29, 1.82) is 0 Å². The number of nitrogens with zero attached hydrogens (tertiary/aromatic N) is 1. The van der Waals surface area contributed by atoms with Crippen LogP contribution >= 0.6 is 0 Å². The van der Waals surface area contributed by atoms with Crippen molar-refractivity contribution in [2.24, 2.45) is 5.10 Å². The van der Waals surface area contributed by atoms with E-state index >= 15 is 0 Å². The molecule has 80 valence electrons. The Bertz CT molecular complexity index is 255. The van der Waals surface area contributed by atoms with E-state index in [9.17, 15) is 4.79 Å². The lowest BCUT2D eigenvalue weighted by molar-refractivity contribution is 0.0518. The molecule has 5 nitrogen and oxygen atoms in total. The molecule has 1 amide bonds. The summed E-state index contributed by atoms with van der Waals surface area (Å²) in [7, 11) is 0. The van der Waals surface area contributed by atoms with Crippen LogP contribution in [0.15, 0.2) is 5.10 Å². The van der Waals surface area contributed by atoms with Gasteiger partial charge in [-0.25, -0.2) is 10.2 Å². The van der Waals surface area contributed by atoms with E-state index in [1.54, 1.807) is 20.8 Å². The summed E-state index contributed by atoms with van der Waals surface area (Å²) in [5.74, 6) is 0. The Morgan fingerprint density at radius 2 is 2.29 bits per heavy atom. The minimum Gasteiger partial charge on any atom is -0.443 e. The predicted molar refractivity (Wildman–Crippen MR) is 52.2 cm³/mol. The van der Waals surface area contributed by atoms with Crippen LogP contribution in [-0.2, 0) is 9.47 Å². The second kappa shape index (κ2) is 3.96. The molecule has 0 aromatic rings. The van der Waals surface area contributed by atoms with Crippen LogP contribution in [0.1, 0.15) is 27.7 Å². The molecule has 1 heterocycles. The minimum absolute atomic E-state index is 0.00457. The van der Waals surface area contributed by atoms with Crippen molar-refractivity contribution in [1.82, 2.24) is 5.43 Å². The number of hydrogen-bond donors (Lipinski definition) is 1. The normalized spacial score (nSPS) is 24.3. The van der Waals surface area contributed by atoms with E-state index in [2.05, 4.69) is 10.5 Å². The number of carbonyl (C=O) groups excluding carboxylic acids is 1. The summed E-state index contributed by atoms with van der Waals surface area (Å²) >= 11 is 0. The molecule has 1 aliphatic heterocycles. The first-order valence-electron chi connectivity index (χ1n) is 4.55. The topological polar surface area (TPSA) is 59.9 Å². The molecule has 0 radical (unpaired) electrons. The highest BCUT2D eigenvalue weighted by Gasteiger charge is 2.23. The molecule has 0 spiro atoms. The Kier molecular flexibility index (Phi) is 3.10. The maximum absolute atomic E-state index is 11.1. The van der Waals surface area contributed by atoms with Crippen molar-refractivity contribution in [3.63, 3.8) is 0 Å². The maximum Gasteiger partial charge on any atom is 0.428 e. The highest BCUT2D eigenvalue weighted by atomic mass is 16.6. The molecular formula is C9H16N2O3. The lowest BCUT2D eigenvalue weighted by Gasteiger charge is -2.25. The molecule has 0 bridgehead atoms. The summed E-state index contributed by atoms with van der Waals surface area (Å²) in [6.07, 6.45) is -0.533. The summed E-state index contributed by atoms with van der Waals surface area (Å²) in [5, 5.41) is 3.86. The van der Waals surface area contributed by atoms with Gasteiger partial charge in [0.05, 0.1) is 18.4 Å². The Hall–Kier alpha value is -1.10. The molecule has 1 saturated heterocycles. The lowest BCUT2D eigenvalue weighted by atomic mass is 10.2. The number of carbonyl (C=O) groups is 1. The highest BCUT2D eigenvalue weighted by Crippen LogP contribution is 2.08. The number of nitrogens with one attached hydrogen (secondary N) is 1. The van der Waals surface area contributed by atoms with Crippen molar-refractivity contribution >= 4 is 11.8 Å². The Morgan fingerprint density at radius 1 is 1.64 bits per heavy atom. The van der Waals surface area contributed by atoms with E-state index in [1.165, 1.54) is 0 Å². The second-order valence-corrected chi connectivity index (χ2v) is 4.17. The van der Waals surface area contributed by atoms with Crippen LogP contribution in [0.4, 0.5) is 4.79 Å². The van der Waals surface area contributed by atoms with Gasteiger partial charge in [-0.3, -0.25) is 0 Å². The number of hydrogen-bond acceptors (Lipinski definition) is 4. The molecule has 5 heteroatoms. The molecule has 1 aliphatic rings. The monoisotopic (exact) mass is 200 g/mol. The largest absolute Gasteiger partial charge is 0.443 e. The fraction of sp³-hybridized carbons (Fsp3) is 0.778. The van der Waals surface area contributed by atoms with Crippen LogP contribution in [0.2, 0.25) is 0 Å². The molecule has 1 N–H and O–H groups in total. The zero-order chi connectivity index (χ0) is 10.8. The first-order valence-corrected chi connectivity index (χ1v) is 4.55. The van der Waals surface area contributed by atoms with Gasteiger partial charge in [-0.05, 0) is 27.7 Å². The van der Waals surface area contributed by atoms with E-state index in [4.69, 9.17) is 9.47 Å². The molecule has 0 aromatic carbocycles. The molecule has 14 heavy (non-hydrogen) atoms. The predicted octanol–water partition coefficient (Wildman–Crippen LogP) is 1.29. The smallest absolute Gasteiger partial charge is 0.428 e. The summed E-state index contributed by atoms with van der Waals surface area (Å²) < 4.78 is 10.0. The molecular weight excluding hydrogens is 184 g/mol. The van der Waals surface area contributed by atoms with E-state index in [-0.39, 0.29) is 6.10 Å². The quantitative estimate of drug-likeness (QED) is 0.649. The van der Waals surface area contributed by atoms with E-state index < -0.39 is 11.7 Å². The zero-order valence-electron chi connectivity index (χ0n) is 8.96. The van der Waals surface area contributed by atoms with Gasteiger partial charge in [0.15, 0.2) is 0 Å². The first-order chi connectivity index (χ1) is 6.38. The van der Waals surface area contributed by atoms with Gasteiger partial charge in [0.2, 0.25) is 0 Å². The fourth-order valence-corrected chi connectivity index (χ4v) is 0.866. The van der Waals surface area contributed by atoms with Gasteiger partial charge in [0, 0.05) is 0 Å². The van der Waals surface area contributed by atoms with Crippen molar-refractivity contribution in [2.75, 3.05) is 6.61 Å². The average molecular weight is 200 g/mol. The van der Waals surface area contributed by atoms with Crippen LogP contribution < -0.4 is 5.43 Å². The summed E-state index contributed by atoms with van der Waals surface area (Å²) in [6.45, 7) is 7.76. The van der Waals surface area contributed by atoms with Crippen LogP contribution in [0.3, 0.4) is 0 Å². The molecule has 0 aliphatic carbocycles. The lowest BCUT2D eigenvalue weighted by Crippen LogP contribution is -2.40. The van der Waals surface area contributed by atoms with Gasteiger partial charge in [0.25, 0.3) is 0 Å². The van der Waals surface area contributed by atoms with Crippen LogP contribution in [0.25, 0.3) is 0 Å². The highest BCUT2D eigenvalue weighted by molar-refractivity contribution is 5.94. The van der Waals surface area contributed by atoms with Crippen LogP contribution in [0.5, 0.6) is 0 Å².